The summed E-state index contributed by atoms with van der Waals surface area (Å²) in [6.07, 6.45) is 61.6. The molecule has 0 aliphatic heterocycles. The highest BCUT2D eigenvalue weighted by molar-refractivity contribution is 5.71. The SMILES string of the molecule is CC/C=C\C/C=C\C/C=C\CCCCCCCC(=O)OCC(COC(=O)CCCCCCC/C=C\CCCCCC)OC(=O)CCCCCCC/C=C\C/C=C\CCCCC. The van der Waals surface area contributed by atoms with E-state index in [2.05, 4.69) is 93.7 Å². The Hall–Kier alpha value is -3.15. The van der Waals surface area contributed by atoms with Gasteiger partial charge in [-0.15, -0.1) is 0 Å². The molecule has 0 N–H and O–H groups in total. The molecule has 0 rings (SSSR count). The van der Waals surface area contributed by atoms with Crippen molar-refractivity contribution in [2.75, 3.05) is 13.2 Å². The first-order chi connectivity index (χ1) is 30.0. The molecule has 1 atom stereocenters. The van der Waals surface area contributed by atoms with Gasteiger partial charge >= 0.3 is 17.9 Å². The van der Waals surface area contributed by atoms with E-state index in [9.17, 15) is 14.4 Å². The van der Waals surface area contributed by atoms with Gasteiger partial charge in [0.1, 0.15) is 13.2 Å². The van der Waals surface area contributed by atoms with Crippen molar-refractivity contribution < 1.29 is 28.6 Å². The number of ether oxygens (including phenoxy) is 3. The maximum atomic E-state index is 12.8. The molecule has 0 saturated carbocycles. The van der Waals surface area contributed by atoms with Crippen LogP contribution in [0.1, 0.15) is 239 Å². The molecule has 0 heterocycles. The van der Waals surface area contributed by atoms with Gasteiger partial charge in [-0.3, -0.25) is 14.4 Å². The van der Waals surface area contributed by atoms with Gasteiger partial charge in [0.2, 0.25) is 0 Å². The van der Waals surface area contributed by atoms with Crippen LogP contribution in [0.2, 0.25) is 0 Å². The predicted octanol–water partition coefficient (Wildman–Crippen LogP) is 16.6. The third-order valence-corrected chi connectivity index (χ3v) is 10.7. The molecule has 0 aromatic heterocycles. The van der Waals surface area contributed by atoms with Crippen LogP contribution in [-0.2, 0) is 28.6 Å². The van der Waals surface area contributed by atoms with Crippen molar-refractivity contribution in [1.29, 1.82) is 0 Å². The van der Waals surface area contributed by atoms with Crippen LogP contribution in [0.15, 0.2) is 72.9 Å². The summed E-state index contributed by atoms with van der Waals surface area (Å²) in [6.45, 7) is 6.45. The lowest BCUT2D eigenvalue weighted by Gasteiger charge is -2.18. The Morgan fingerprint density at radius 2 is 0.639 bits per heavy atom. The van der Waals surface area contributed by atoms with Crippen molar-refractivity contribution in [2.45, 2.75) is 245 Å². The van der Waals surface area contributed by atoms with Gasteiger partial charge in [-0.05, 0) is 109 Å². The van der Waals surface area contributed by atoms with Crippen molar-refractivity contribution in [3.63, 3.8) is 0 Å². The summed E-state index contributed by atoms with van der Waals surface area (Å²) in [5.41, 5.74) is 0. The number of carbonyl (C=O) groups excluding carboxylic acids is 3. The van der Waals surface area contributed by atoms with Gasteiger partial charge in [-0.25, -0.2) is 0 Å². The van der Waals surface area contributed by atoms with Crippen molar-refractivity contribution in [1.82, 2.24) is 0 Å². The van der Waals surface area contributed by atoms with Crippen LogP contribution in [-0.4, -0.2) is 37.2 Å². The van der Waals surface area contributed by atoms with Crippen LogP contribution >= 0.6 is 0 Å². The second-order valence-electron chi connectivity index (χ2n) is 16.7. The molecule has 6 heteroatoms. The Labute approximate surface area is 376 Å². The molecule has 1 unspecified atom stereocenters. The molecule has 350 valence electrons. The van der Waals surface area contributed by atoms with Crippen molar-refractivity contribution in [2.24, 2.45) is 0 Å². The number of esters is 3. The summed E-state index contributed by atoms with van der Waals surface area (Å²) < 4.78 is 16.8. The van der Waals surface area contributed by atoms with Crippen LogP contribution in [0.25, 0.3) is 0 Å². The van der Waals surface area contributed by atoms with Gasteiger partial charge in [-0.1, -0.05) is 184 Å². The lowest BCUT2D eigenvalue weighted by molar-refractivity contribution is -0.167. The van der Waals surface area contributed by atoms with E-state index in [4.69, 9.17) is 14.2 Å². The molecule has 6 nitrogen and oxygen atoms in total. The van der Waals surface area contributed by atoms with Crippen molar-refractivity contribution in [3.8, 4) is 0 Å². The molecule has 61 heavy (non-hydrogen) atoms. The highest BCUT2D eigenvalue weighted by Crippen LogP contribution is 2.13. The number of unbranched alkanes of at least 4 members (excludes halogenated alkanes) is 22. The molecule has 0 aromatic rings. The second kappa shape index (κ2) is 49.5. The zero-order chi connectivity index (χ0) is 44.4. The molecule has 0 saturated heterocycles. The first kappa shape index (κ1) is 57.9. The van der Waals surface area contributed by atoms with Gasteiger partial charge in [0.15, 0.2) is 6.10 Å². The molecule has 0 aromatic carbocycles. The Kier molecular flexibility index (Phi) is 46.9. The Morgan fingerprint density at radius 1 is 0.344 bits per heavy atom. The fourth-order valence-electron chi connectivity index (χ4n) is 6.83. The van der Waals surface area contributed by atoms with E-state index in [-0.39, 0.29) is 31.1 Å². The summed E-state index contributed by atoms with van der Waals surface area (Å²) in [5.74, 6) is -0.931. The largest absolute Gasteiger partial charge is 0.462 e. The lowest BCUT2D eigenvalue weighted by Crippen LogP contribution is -2.30. The van der Waals surface area contributed by atoms with E-state index in [1.165, 1.54) is 70.6 Å². The normalized spacial score (nSPS) is 12.6. The van der Waals surface area contributed by atoms with Crippen LogP contribution in [0.3, 0.4) is 0 Å². The molecular formula is C55H94O6. The van der Waals surface area contributed by atoms with Crippen molar-refractivity contribution in [3.05, 3.63) is 72.9 Å². The van der Waals surface area contributed by atoms with Gasteiger partial charge in [0.05, 0.1) is 0 Å². The van der Waals surface area contributed by atoms with E-state index in [0.29, 0.717) is 19.3 Å². The van der Waals surface area contributed by atoms with Crippen LogP contribution in [0.5, 0.6) is 0 Å². The predicted molar refractivity (Wildman–Crippen MR) is 261 cm³/mol. The summed E-state index contributed by atoms with van der Waals surface area (Å²) in [6, 6.07) is 0. The topological polar surface area (TPSA) is 78.9 Å². The first-order valence-corrected chi connectivity index (χ1v) is 25.4. The van der Waals surface area contributed by atoms with E-state index < -0.39 is 6.10 Å². The van der Waals surface area contributed by atoms with Crippen molar-refractivity contribution >= 4 is 17.9 Å². The Bertz CT molecular complexity index is 1160. The Balaban J connectivity index is 4.45. The summed E-state index contributed by atoms with van der Waals surface area (Å²) in [5, 5.41) is 0. The standard InChI is InChI=1S/C55H94O6/c1-4-7-10-13-16-19-22-25-27-30-33-36-39-42-45-48-54(57)60-51-52(50-59-53(56)47-44-41-38-35-32-29-24-21-18-15-12-9-6-3)61-55(58)49-46-43-40-37-34-31-28-26-23-20-17-14-11-8-5-2/h7,10,16-17,19-21,24-28,52H,4-6,8-9,11-15,18,22-23,29-51H2,1-3H3/b10-7-,19-16-,20-17-,24-21-,27-25-,28-26-. The van der Waals surface area contributed by atoms with Gasteiger partial charge in [0.25, 0.3) is 0 Å². The highest BCUT2D eigenvalue weighted by atomic mass is 16.6. The third-order valence-electron chi connectivity index (χ3n) is 10.7. The van der Waals surface area contributed by atoms with E-state index >= 15 is 0 Å². The number of hydrogen-bond acceptors (Lipinski definition) is 6. The average Bonchev–Trinajstić information content (AvgIpc) is 3.26. The van der Waals surface area contributed by atoms with E-state index in [0.717, 1.165) is 128 Å². The fourth-order valence-corrected chi connectivity index (χ4v) is 6.83. The quantitative estimate of drug-likeness (QED) is 0.0263. The molecule has 0 radical (unpaired) electrons. The minimum atomic E-state index is -0.792. The highest BCUT2D eigenvalue weighted by Gasteiger charge is 2.19. The maximum absolute atomic E-state index is 12.8. The smallest absolute Gasteiger partial charge is 0.306 e. The zero-order valence-corrected chi connectivity index (χ0v) is 39.9. The van der Waals surface area contributed by atoms with E-state index in [1.54, 1.807) is 0 Å². The molecule has 0 spiro atoms. The van der Waals surface area contributed by atoms with Gasteiger partial charge < -0.3 is 14.2 Å². The summed E-state index contributed by atoms with van der Waals surface area (Å²) in [7, 11) is 0. The second-order valence-corrected chi connectivity index (χ2v) is 16.7. The average molecular weight is 851 g/mol. The van der Waals surface area contributed by atoms with Gasteiger partial charge in [-0.2, -0.15) is 0 Å². The molecule has 0 aliphatic rings. The molecule has 0 amide bonds. The molecule has 0 bridgehead atoms. The summed E-state index contributed by atoms with van der Waals surface area (Å²) in [4.78, 5) is 37.9. The van der Waals surface area contributed by atoms with Crippen LogP contribution < -0.4 is 0 Å². The molecule has 0 aliphatic carbocycles. The number of rotatable bonds is 45. The monoisotopic (exact) mass is 851 g/mol. The third kappa shape index (κ3) is 47.7. The zero-order valence-electron chi connectivity index (χ0n) is 39.9. The fraction of sp³-hybridized carbons (Fsp3) is 0.727. The number of carbonyl (C=O) groups is 3. The first-order valence-electron chi connectivity index (χ1n) is 25.4. The number of hydrogen-bond donors (Lipinski definition) is 0. The molecule has 0 fully saturated rings. The summed E-state index contributed by atoms with van der Waals surface area (Å²) >= 11 is 0. The number of allylic oxidation sites excluding steroid dienone is 12. The minimum Gasteiger partial charge on any atom is -0.462 e. The Morgan fingerprint density at radius 3 is 1.05 bits per heavy atom. The maximum Gasteiger partial charge on any atom is 0.306 e. The van der Waals surface area contributed by atoms with Crippen LogP contribution in [0.4, 0.5) is 0 Å². The van der Waals surface area contributed by atoms with Gasteiger partial charge in [0, 0.05) is 19.3 Å². The molecular weight excluding hydrogens is 757 g/mol. The minimum absolute atomic E-state index is 0.0914. The lowest BCUT2D eigenvalue weighted by atomic mass is 10.1. The van der Waals surface area contributed by atoms with Crippen LogP contribution in [0, 0.1) is 0 Å². The van der Waals surface area contributed by atoms with E-state index in [1.807, 2.05) is 0 Å².